The normalized spacial score (nSPS) is 10.4. The maximum Gasteiger partial charge on any atom is 0.259 e. The summed E-state index contributed by atoms with van der Waals surface area (Å²) in [6.45, 7) is 5.66. The summed E-state index contributed by atoms with van der Waals surface area (Å²) in [5.41, 5.74) is 9.50. The van der Waals surface area contributed by atoms with Gasteiger partial charge < -0.3 is 11.1 Å². The van der Waals surface area contributed by atoms with E-state index >= 15 is 0 Å². The number of aromatic nitrogens is 2. The van der Waals surface area contributed by atoms with Crippen LogP contribution in [0.2, 0.25) is 0 Å². The van der Waals surface area contributed by atoms with Crippen molar-refractivity contribution in [2.45, 2.75) is 20.8 Å². The summed E-state index contributed by atoms with van der Waals surface area (Å²) in [4.78, 5) is 12.2. The van der Waals surface area contributed by atoms with E-state index in [-0.39, 0.29) is 5.91 Å². The van der Waals surface area contributed by atoms with Gasteiger partial charge >= 0.3 is 0 Å². The lowest BCUT2D eigenvalue weighted by Gasteiger charge is -2.09. The molecule has 18 heavy (non-hydrogen) atoms. The van der Waals surface area contributed by atoms with Gasteiger partial charge in [-0.25, -0.2) is 0 Å². The average molecular weight is 244 g/mol. The first-order chi connectivity index (χ1) is 8.50. The number of hydrogen-bond acceptors (Lipinski definition) is 3. The van der Waals surface area contributed by atoms with Crippen molar-refractivity contribution in [3.8, 4) is 0 Å². The van der Waals surface area contributed by atoms with Crippen LogP contribution in [0.4, 0.5) is 11.5 Å². The summed E-state index contributed by atoms with van der Waals surface area (Å²) in [6.07, 6.45) is 0. The minimum absolute atomic E-state index is 0.236. The Balaban J connectivity index is 2.31. The summed E-state index contributed by atoms with van der Waals surface area (Å²) in [6, 6.07) is 5.39. The minimum atomic E-state index is -0.236. The number of nitrogen functional groups attached to an aromatic ring is 1. The van der Waals surface area contributed by atoms with Crippen LogP contribution in [0.1, 0.15) is 27.2 Å². The van der Waals surface area contributed by atoms with Gasteiger partial charge in [-0.05, 0) is 32.4 Å². The zero-order valence-corrected chi connectivity index (χ0v) is 10.7. The number of rotatable bonds is 2. The van der Waals surface area contributed by atoms with E-state index in [0.717, 1.165) is 16.8 Å². The molecule has 5 heteroatoms. The van der Waals surface area contributed by atoms with E-state index in [1.165, 1.54) is 0 Å². The van der Waals surface area contributed by atoms with Gasteiger partial charge in [0.1, 0.15) is 0 Å². The lowest BCUT2D eigenvalue weighted by atomic mass is 10.1. The lowest BCUT2D eigenvalue weighted by Crippen LogP contribution is -2.16. The Bertz CT molecular complexity index is 581. The first kappa shape index (κ1) is 12.2. The molecule has 0 saturated carbocycles. The molecule has 0 fully saturated rings. The fraction of sp³-hybridized carbons (Fsp3) is 0.231. The average Bonchev–Trinajstić information content (AvgIpc) is 2.61. The number of nitrogens with one attached hydrogen (secondary N) is 2. The molecule has 0 bridgehead atoms. The highest BCUT2D eigenvalue weighted by atomic mass is 16.1. The molecule has 5 nitrogen and oxygen atoms in total. The Labute approximate surface area is 105 Å². The second-order valence-corrected chi connectivity index (χ2v) is 4.32. The number of benzene rings is 1. The number of carbonyl (C=O) groups excluding carboxylic acids is 1. The Kier molecular flexibility index (Phi) is 3.06. The summed E-state index contributed by atoms with van der Waals surface area (Å²) >= 11 is 0. The molecule has 94 valence electrons. The number of H-pyrrole nitrogens is 1. The number of nitrogens with two attached hydrogens (primary N) is 1. The molecule has 1 aromatic heterocycles. The number of aromatic amines is 1. The number of aryl methyl sites for hydroxylation is 2. The molecule has 1 amide bonds. The topological polar surface area (TPSA) is 83.8 Å². The molecular weight excluding hydrogens is 228 g/mol. The van der Waals surface area contributed by atoms with Crippen LogP contribution in [-0.2, 0) is 0 Å². The van der Waals surface area contributed by atoms with Crippen molar-refractivity contribution in [2.24, 2.45) is 0 Å². The molecule has 0 radical (unpaired) electrons. The van der Waals surface area contributed by atoms with E-state index in [2.05, 4.69) is 15.5 Å². The highest BCUT2D eigenvalue weighted by Crippen LogP contribution is 2.20. The maximum atomic E-state index is 12.2. The number of carbonyl (C=O) groups is 1. The van der Waals surface area contributed by atoms with E-state index in [1.807, 2.05) is 32.9 Å². The third kappa shape index (κ3) is 2.07. The fourth-order valence-electron chi connectivity index (χ4n) is 1.78. The van der Waals surface area contributed by atoms with E-state index < -0.39 is 0 Å². The largest absolute Gasteiger partial charge is 0.398 e. The van der Waals surface area contributed by atoms with Crippen molar-refractivity contribution in [1.82, 2.24) is 10.2 Å². The second kappa shape index (κ2) is 4.52. The van der Waals surface area contributed by atoms with Crippen LogP contribution in [0.15, 0.2) is 18.2 Å². The lowest BCUT2D eigenvalue weighted by molar-refractivity contribution is 0.102. The Morgan fingerprint density at radius 2 is 2.06 bits per heavy atom. The van der Waals surface area contributed by atoms with Crippen LogP contribution in [0, 0.1) is 20.8 Å². The van der Waals surface area contributed by atoms with Crippen molar-refractivity contribution in [3.05, 3.63) is 40.6 Å². The summed E-state index contributed by atoms with van der Waals surface area (Å²) < 4.78 is 0. The molecule has 0 unspecified atom stereocenters. The van der Waals surface area contributed by atoms with Gasteiger partial charge in [-0.2, -0.15) is 5.10 Å². The quantitative estimate of drug-likeness (QED) is 0.708. The van der Waals surface area contributed by atoms with Gasteiger partial charge in [-0.3, -0.25) is 9.89 Å². The van der Waals surface area contributed by atoms with Gasteiger partial charge in [-0.15, -0.1) is 0 Å². The summed E-state index contributed by atoms with van der Waals surface area (Å²) in [7, 11) is 0. The molecule has 2 aromatic rings. The first-order valence-electron chi connectivity index (χ1n) is 5.68. The molecule has 1 aromatic carbocycles. The summed E-state index contributed by atoms with van der Waals surface area (Å²) in [5.74, 6) is 0.306. The van der Waals surface area contributed by atoms with Gasteiger partial charge in [0.2, 0.25) is 0 Å². The van der Waals surface area contributed by atoms with Crippen molar-refractivity contribution in [1.29, 1.82) is 0 Å². The van der Waals surface area contributed by atoms with Crippen LogP contribution in [0.5, 0.6) is 0 Å². The molecule has 0 saturated heterocycles. The van der Waals surface area contributed by atoms with Gasteiger partial charge in [0, 0.05) is 16.9 Å². The number of nitrogens with zero attached hydrogens (tertiary/aromatic N) is 1. The third-order valence-electron chi connectivity index (χ3n) is 3.02. The van der Waals surface area contributed by atoms with Crippen molar-refractivity contribution >= 4 is 17.4 Å². The Morgan fingerprint density at radius 1 is 1.33 bits per heavy atom. The molecule has 0 aliphatic heterocycles. The second-order valence-electron chi connectivity index (χ2n) is 4.32. The highest BCUT2D eigenvalue weighted by molar-refractivity contribution is 6.08. The smallest absolute Gasteiger partial charge is 0.259 e. The number of amides is 1. The maximum absolute atomic E-state index is 12.2. The van der Waals surface area contributed by atoms with Crippen molar-refractivity contribution in [3.63, 3.8) is 0 Å². The predicted octanol–water partition coefficient (Wildman–Crippen LogP) is 2.17. The summed E-state index contributed by atoms with van der Waals surface area (Å²) in [5, 5.41) is 9.64. The Hall–Kier alpha value is -2.30. The van der Waals surface area contributed by atoms with Gasteiger partial charge in [0.25, 0.3) is 5.91 Å². The molecule has 1 heterocycles. The molecule has 4 N–H and O–H groups in total. The van der Waals surface area contributed by atoms with Crippen LogP contribution >= 0.6 is 0 Å². The van der Waals surface area contributed by atoms with E-state index in [1.54, 1.807) is 6.07 Å². The van der Waals surface area contributed by atoms with Crippen LogP contribution in [-0.4, -0.2) is 16.1 Å². The van der Waals surface area contributed by atoms with Crippen molar-refractivity contribution in [2.75, 3.05) is 11.1 Å². The SMILES string of the molecule is Cc1cccc(N)c1C(=O)Nc1n[nH]c(C)c1C. The van der Waals surface area contributed by atoms with E-state index in [4.69, 9.17) is 5.73 Å². The number of anilines is 2. The van der Waals surface area contributed by atoms with Crippen molar-refractivity contribution < 1.29 is 4.79 Å². The molecule has 2 rings (SSSR count). The zero-order chi connectivity index (χ0) is 13.3. The van der Waals surface area contributed by atoms with Gasteiger partial charge in [-0.1, -0.05) is 12.1 Å². The van der Waals surface area contributed by atoms with E-state index in [0.29, 0.717) is 17.1 Å². The fourth-order valence-corrected chi connectivity index (χ4v) is 1.78. The molecule has 0 spiro atoms. The predicted molar refractivity (Wildman–Crippen MR) is 71.6 cm³/mol. The van der Waals surface area contributed by atoms with Gasteiger partial charge in [0.15, 0.2) is 5.82 Å². The van der Waals surface area contributed by atoms with Crippen LogP contribution in [0.25, 0.3) is 0 Å². The molecule has 0 aliphatic carbocycles. The van der Waals surface area contributed by atoms with E-state index in [9.17, 15) is 4.79 Å². The Morgan fingerprint density at radius 3 is 2.61 bits per heavy atom. The van der Waals surface area contributed by atoms with Crippen LogP contribution in [0.3, 0.4) is 0 Å². The third-order valence-corrected chi connectivity index (χ3v) is 3.02. The van der Waals surface area contributed by atoms with Gasteiger partial charge in [0.05, 0.1) is 5.56 Å². The molecule has 0 atom stereocenters. The first-order valence-corrected chi connectivity index (χ1v) is 5.68. The number of hydrogen-bond donors (Lipinski definition) is 3. The zero-order valence-electron chi connectivity index (χ0n) is 10.7. The molecular formula is C13H16N4O. The standard InChI is InChI=1S/C13H16N4O/c1-7-5-4-6-10(14)11(7)13(18)15-12-8(2)9(3)16-17-12/h4-6H,14H2,1-3H3,(H2,15,16,17,18). The highest BCUT2D eigenvalue weighted by Gasteiger charge is 2.15. The minimum Gasteiger partial charge on any atom is -0.398 e. The molecule has 0 aliphatic rings. The van der Waals surface area contributed by atoms with Crippen LogP contribution < -0.4 is 11.1 Å². The monoisotopic (exact) mass is 244 g/mol.